The van der Waals surface area contributed by atoms with Crippen LogP contribution in [0.2, 0.25) is 0 Å². The Labute approximate surface area is 241 Å². The molecular formula is C31H30FN3O5S. The molecule has 0 spiro atoms. The highest BCUT2D eigenvalue weighted by Crippen LogP contribution is 2.39. The zero-order valence-corrected chi connectivity index (χ0v) is 24.0. The van der Waals surface area contributed by atoms with Crippen LogP contribution in [0, 0.1) is 6.92 Å². The number of rotatable bonds is 3. The minimum atomic E-state index is -1.27. The van der Waals surface area contributed by atoms with Crippen molar-refractivity contribution in [1.82, 2.24) is 14.6 Å². The molecule has 3 aromatic rings. The van der Waals surface area contributed by atoms with Crippen LogP contribution in [0.15, 0.2) is 71.5 Å². The van der Waals surface area contributed by atoms with E-state index in [1.807, 2.05) is 45.0 Å². The largest absolute Gasteiger partial charge is 0.479 e. The van der Waals surface area contributed by atoms with Crippen LogP contribution in [0.3, 0.4) is 0 Å². The number of benzene rings is 1. The lowest BCUT2D eigenvalue weighted by Crippen LogP contribution is -2.29. The van der Waals surface area contributed by atoms with Crippen LogP contribution in [0.5, 0.6) is 5.75 Å². The number of nitrogens with zero attached hydrogens (tertiary/aromatic N) is 3. The van der Waals surface area contributed by atoms with Gasteiger partial charge in [-0.1, -0.05) is 12.2 Å². The van der Waals surface area contributed by atoms with Crippen molar-refractivity contribution < 1.29 is 27.4 Å². The molecule has 2 aliphatic heterocycles. The van der Waals surface area contributed by atoms with Gasteiger partial charge in [-0.05, 0) is 88.1 Å². The Kier molecular flexibility index (Phi) is 6.99. The van der Waals surface area contributed by atoms with Crippen LogP contribution in [0.4, 0.5) is 4.39 Å². The zero-order chi connectivity index (χ0) is 28.9. The smallest absolute Gasteiger partial charge is 0.337 e. The highest BCUT2D eigenvalue weighted by Gasteiger charge is 2.33. The fourth-order valence-corrected chi connectivity index (χ4v) is 5.77. The SMILES string of the molecule is Cc1nc2cc3nn2c(c1C(OC(C)(C)C)C(=O)O)-c1ccc(cc1)OSOC1=C(C=CC(F)C1)C1=CCCC3=C1. The summed E-state index contributed by atoms with van der Waals surface area (Å²) in [7, 11) is 0. The molecule has 1 aromatic carbocycles. The quantitative estimate of drug-likeness (QED) is 0.326. The molecule has 0 saturated heterocycles. The maximum atomic E-state index is 14.3. The molecule has 41 heavy (non-hydrogen) atoms. The number of aryl methyl sites for hydroxylation is 1. The van der Waals surface area contributed by atoms with Gasteiger partial charge in [-0.3, -0.25) is 0 Å². The van der Waals surface area contributed by atoms with Gasteiger partial charge in [-0.15, -0.1) is 0 Å². The van der Waals surface area contributed by atoms with Gasteiger partial charge in [0.2, 0.25) is 0 Å². The highest BCUT2D eigenvalue weighted by molar-refractivity contribution is 7.90. The van der Waals surface area contributed by atoms with Gasteiger partial charge in [0.1, 0.15) is 17.7 Å². The van der Waals surface area contributed by atoms with Crippen molar-refractivity contribution in [3.05, 3.63) is 88.5 Å². The number of alkyl halides is 1. The van der Waals surface area contributed by atoms with E-state index in [-0.39, 0.29) is 6.42 Å². The topological polar surface area (TPSA) is 95.2 Å². The molecule has 0 saturated carbocycles. The molecule has 4 aliphatic rings. The first-order valence-corrected chi connectivity index (χ1v) is 14.1. The average Bonchev–Trinajstić information content (AvgIpc) is 3.34. The van der Waals surface area contributed by atoms with E-state index < -0.39 is 23.8 Å². The number of fused-ring (bicyclic) bond motifs is 4. The van der Waals surface area contributed by atoms with E-state index in [1.54, 1.807) is 29.6 Å². The highest BCUT2D eigenvalue weighted by atomic mass is 32.2. The van der Waals surface area contributed by atoms with Gasteiger partial charge in [0, 0.05) is 34.9 Å². The first kappa shape index (κ1) is 27.3. The number of aromatic nitrogens is 3. The summed E-state index contributed by atoms with van der Waals surface area (Å²) < 4.78 is 33.7. The van der Waals surface area contributed by atoms with Crippen LogP contribution in [0.1, 0.15) is 63.1 Å². The molecule has 0 radical (unpaired) electrons. The molecule has 2 aliphatic carbocycles. The van der Waals surface area contributed by atoms with E-state index in [0.29, 0.717) is 34.1 Å². The average molecular weight is 576 g/mol. The Morgan fingerprint density at radius 2 is 2.02 bits per heavy atom. The van der Waals surface area contributed by atoms with Crippen LogP contribution >= 0.6 is 12.3 Å². The fraction of sp³-hybridized carbons (Fsp3) is 0.323. The number of ether oxygens (including phenoxy) is 1. The number of carboxylic acids is 1. The summed E-state index contributed by atoms with van der Waals surface area (Å²) in [4.78, 5) is 17.4. The third kappa shape index (κ3) is 5.41. The Bertz CT molecular complexity index is 1660. The maximum Gasteiger partial charge on any atom is 0.337 e. The second kappa shape index (κ2) is 10.5. The van der Waals surface area contributed by atoms with Gasteiger partial charge in [0.25, 0.3) is 12.3 Å². The van der Waals surface area contributed by atoms with E-state index in [9.17, 15) is 14.3 Å². The second-order valence-corrected chi connectivity index (χ2v) is 11.7. The minimum Gasteiger partial charge on any atom is -0.479 e. The lowest BCUT2D eigenvalue weighted by atomic mass is 9.89. The van der Waals surface area contributed by atoms with E-state index in [0.717, 1.165) is 53.1 Å². The van der Waals surface area contributed by atoms with E-state index in [1.165, 1.54) is 6.08 Å². The summed E-state index contributed by atoms with van der Waals surface area (Å²) >= 11 is 0.785. The van der Waals surface area contributed by atoms with Crippen molar-refractivity contribution in [2.75, 3.05) is 0 Å². The van der Waals surface area contributed by atoms with Crippen LogP contribution in [-0.2, 0) is 13.7 Å². The van der Waals surface area contributed by atoms with Gasteiger partial charge >= 0.3 is 5.97 Å². The third-order valence-electron chi connectivity index (χ3n) is 7.08. The Balaban J connectivity index is 1.59. The van der Waals surface area contributed by atoms with Crippen molar-refractivity contribution in [3.8, 4) is 17.0 Å². The summed E-state index contributed by atoms with van der Waals surface area (Å²) in [5, 5.41) is 15.3. The Morgan fingerprint density at radius 1 is 1.24 bits per heavy atom. The van der Waals surface area contributed by atoms with Crippen molar-refractivity contribution in [2.45, 2.75) is 64.8 Å². The predicted octanol–water partition coefficient (Wildman–Crippen LogP) is 7.27. The summed E-state index contributed by atoms with van der Waals surface area (Å²) in [6.45, 7) is 7.26. The van der Waals surface area contributed by atoms with Gasteiger partial charge in [-0.25, -0.2) is 18.7 Å². The number of carbonyl (C=O) groups is 1. The Hall–Kier alpha value is -3.89. The van der Waals surface area contributed by atoms with E-state index in [4.69, 9.17) is 23.2 Å². The molecule has 1 N–H and O–H groups in total. The standard InChI is InChI=1S/C31H30FN3O5S/c1-17-27(29(30(36)37)38-31(2,3)4)28-18-8-11-22(12-9-18)39-41-40-25-15-21(32)10-13-23(25)19-6-5-7-20(14-19)24-16-26(33-17)35(28)34-24/h6,8-14,16,21,29H,5,7,15H2,1-4H3,(H,36,37). The van der Waals surface area contributed by atoms with Crippen molar-refractivity contribution >= 4 is 29.5 Å². The second-order valence-electron chi connectivity index (χ2n) is 11.3. The molecular weight excluding hydrogens is 545 g/mol. The number of hydrogen-bond acceptors (Lipinski definition) is 7. The van der Waals surface area contributed by atoms with Gasteiger partial charge < -0.3 is 18.2 Å². The summed E-state index contributed by atoms with van der Waals surface area (Å²) in [6, 6.07) is 9.12. The Morgan fingerprint density at radius 3 is 2.76 bits per heavy atom. The first-order valence-electron chi connectivity index (χ1n) is 13.5. The van der Waals surface area contributed by atoms with Gasteiger partial charge in [0.05, 0.1) is 17.0 Å². The van der Waals surface area contributed by atoms with Crippen molar-refractivity contribution in [2.24, 2.45) is 0 Å². The predicted molar refractivity (Wildman–Crippen MR) is 155 cm³/mol. The molecule has 2 atom stereocenters. The van der Waals surface area contributed by atoms with Crippen LogP contribution in [-0.4, -0.2) is 37.4 Å². The first-order chi connectivity index (χ1) is 19.6. The summed E-state index contributed by atoms with van der Waals surface area (Å²) in [6.07, 6.45) is 6.70. The van der Waals surface area contributed by atoms with Crippen molar-refractivity contribution in [1.29, 1.82) is 0 Å². The lowest BCUT2D eigenvalue weighted by Gasteiger charge is -2.27. The molecule has 2 unspecified atom stereocenters. The monoisotopic (exact) mass is 575 g/mol. The van der Waals surface area contributed by atoms with E-state index >= 15 is 0 Å². The molecule has 0 fully saturated rings. The molecule has 4 heterocycles. The lowest BCUT2D eigenvalue weighted by molar-refractivity contribution is -0.160. The number of aliphatic carboxylic acids is 1. The molecule has 6 bridgehead atoms. The van der Waals surface area contributed by atoms with Gasteiger partial charge in [-0.2, -0.15) is 5.10 Å². The fourth-order valence-electron chi connectivity index (χ4n) is 5.31. The summed E-state index contributed by atoms with van der Waals surface area (Å²) in [5.41, 5.74) is 5.60. The van der Waals surface area contributed by atoms with E-state index in [2.05, 4.69) is 6.08 Å². The molecule has 0 amide bonds. The molecule has 7 rings (SSSR count). The maximum absolute atomic E-state index is 14.3. The van der Waals surface area contributed by atoms with Gasteiger partial charge in [0.15, 0.2) is 11.8 Å². The third-order valence-corrected chi connectivity index (χ3v) is 7.61. The number of allylic oxidation sites excluding steroid dienone is 8. The molecule has 10 heteroatoms. The number of carboxylic acid groups (broad SMARTS) is 1. The molecule has 8 nitrogen and oxygen atoms in total. The zero-order valence-electron chi connectivity index (χ0n) is 23.2. The normalized spacial score (nSPS) is 19.4. The number of halogens is 1. The number of hydrogen-bond donors (Lipinski definition) is 1. The molecule has 212 valence electrons. The molecule has 2 aromatic heterocycles. The minimum absolute atomic E-state index is 0.118. The van der Waals surface area contributed by atoms with Crippen LogP contribution in [0.25, 0.3) is 22.5 Å². The van der Waals surface area contributed by atoms with Crippen molar-refractivity contribution in [3.63, 3.8) is 0 Å². The summed E-state index contributed by atoms with van der Waals surface area (Å²) in [5.74, 6) is -0.0887. The van der Waals surface area contributed by atoms with Crippen LogP contribution < -0.4 is 4.18 Å².